The van der Waals surface area contributed by atoms with Crippen LogP contribution in [0.2, 0.25) is 0 Å². The van der Waals surface area contributed by atoms with Gasteiger partial charge in [0.05, 0.1) is 29.2 Å². The van der Waals surface area contributed by atoms with Gasteiger partial charge in [-0.3, -0.25) is 0 Å². The first kappa shape index (κ1) is 14.2. The molecule has 0 aliphatic rings. The molecule has 0 aromatic heterocycles. The molecule has 0 bridgehead atoms. The SMILES string of the molecule is CCCCC(CC)([PH](=O)[O-])[N+](C)(C)C. The third-order valence-electron chi connectivity index (χ3n) is 3.19. The van der Waals surface area contributed by atoms with Gasteiger partial charge in [-0.1, -0.05) is 20.3 Å². The lowest BCUT2D eigenvalue weighted by Crippen LogP contribution is -2.55. The summed E-state index contributed by atoms with van der Waals surface area (Å²) in [5.74, 6) is 0. The standard InChI is InChI=1S/C10H24NO2P/c1-6-8-9-10(7-2,14(12)13)11(3,4)5/h14H,6-9H2,1-5H3. The molecule has 0 aromatic carbocycles. The molecule has 0 radical (unpaired) electrons. The molecule has 4 heteroatoms. The molecule has 0 aromatic rings. The van der Waals surface area contributed by atoms with Gasteiger partial charge in [0, 0.05) is 12.8 Å². The van der Waals surface area contributed by atoms with E-state index in [4.69, 9.17) is 0 Å². The molecular formula is C10H24NO2P. The van der Waals surface area contributed by atoms with E-state index in [1.54, 1.807) is 0 Å². The van der Waals surface area contributed by atoms with Crippen molar-refractivity contribution in [2.24, 2.45) is 0 Å². The quantitative estimate of drug-likeness (QED) is 0.507. The van der Waals surface area contributed by atoms with Crippen LogP contribution in [-0.2, 0) is 4.57 Å². The summed E-state index contributed by atoms with van der Waals surface area (Å²) in [5.41, 5.74) is 0. The van der Waals surface area contributed by atoms with Crippen LogP contribution < -0.4 is 4.89 Å². The lowest BCUT2D eigenvalue weighted by atomic mass is 10.0. The van der Waals surface area contributed by atoms with E-state index in [1.807, 2.05) is 28.1 Å². The van der Waals surface area contributed by atoms with E-state index >= 15 is 0 Å². The lowest BCUT2D eigenvalue weighted by Gasteiger charge is -2.47. The van der Waals surface area contributed by atoms with Crippen molar-refractivity contribution in [2.45, 2.75) is 44.8 Å². The van der Waals surface area contributed by atoms with Gasteiger partial charge in [-0.25, -0.2) is 0 Å². The first-order valence-electron chi connectivity index (χ1n) is 5.34. The van der Waals surface area contributed by atoms with Crippen molar-refractivity contribution in [1.29, 1.82) is 0 Å². The van der Waals surface area contributed by atoms with Crippen LogP contribution in [0, 0.1) is 0 Å². The zero-order chi connectivity index (χ0) is 11.4. The minimum absolute atomic E-state index is 0.519. The van der Waals surface area contributed by atoms with Crippen molar-refractivity contribution in [3.63, 3.8) is 0 Å². The zero-order valence-corrected chi connectivity index (χ0v) is 11.1. The summed E-state index contributed by atoms with van der Waals surface area (Å²) in [6.45, 7) is 4.07. The first-order chi connectivity index (χ1) is 6.31. The maximum Gasteiger partial charge on any atom is 0.134 e. The molecule has 0 saturated carbocycles. The molecule has 86 valence electrons. The van der Waals surface area contributed by atoms with E-state index in [2.05, 4.69) is 6.92 Å². The summed E-state index contributed by atoms with van der Waals surface area (Å²) in [7, 11) is 3.17. The van der Waals surface area contributed by atoms with Crippen LogP contribution in [-0.4, -0.2) is 30.9 Å². The summed E-state index contributed by atoms with van der Waals surface area (Å²) in [6, 6.07) is 0. The summed E-state index contributed by atoms with van der Waals surface area (Å²) in [6.07, 6.45) is 3.53. The fourth-order valence-electron chi connectivity index (χ4n) is 1.98. The van der Waals surface area contributed by atoms with Crippen molar-refractivity contribution in [3.05, 3.63) is 0 Å². The van der Waals surface area contributed by atoms with Gasteiger partial charge in [0.2, 0.25) is 0 Å². The Hall–Kier alpha value is 0.150. The van der Waals surface area contributed by atoms with Gasteiger partial charge in [0.15, 0.2) is 0 Å². The molecule has 14 heavy (non-hydrogen) atoms. The molecule has 3 nitrogen and oxygen atoms in total. The summed E-state index contributed by atoms with van der Waals surface area (Å²) >= 11 is 0. The monoisotopic (exact) mass is 221 g/mol. The second-order valence-corrected chi connectivity index (χ2v) is 6.29. The molecule has 0 heterocycles. The minimum Gasteiger partial charge on any atom is -0.797 e. The number of hydrogen-bond donors (Lipinski definition) is 0. The van der Waals surface area contributed by atoms with E-state index in [9.17, 15) is 9.46 Å². The van der Waals surface area contributed by atoms with Gasteiger partial charge in [0.1, 0.15) is 5.28 Å². The molecule has 0 aliphatic heterocycles. The smallest absolute Gasteiger partial charge is 0.134 e. The Labute approximate surface area is 88.6 Å². The highest BCUT2D eigenvalue weighted by Gasteiger charge is 2.41. The Balaban J connectivity index is 4.90. The molecule has 0 aliphatic carbocycles. The third-order valence-corrected chi connectivity index (χ3v) is 5.23. The first-order valence-corrected chi connectivity index (χ1v) is 6.66. The summed E-state index contributed by atoms with van der Waals surface area (Å²) in [5, 5.41) is -0.541. The topological polar surface area (TPSA) is 40.1 Å². The predicted octanol–water partition coefficient (Wildman–Crippen LogP) is 1.82. The van der Waals surface area contributed by atoms with Gasteiger partial charge >= 0.3 is 0 Å². The average Bonchev–Trinajstić information content (AvgIpc) is 2.03. The highest BCUT2D eigenvalue weighted by molar-refractivity contribution is 7.38. The fraction of sp³-hybridized carbons (Fsp3) is 1.00. The van der Waals surface area contributed by atoms with Crippen LogP contribution in [0.1, 0.15) is 39.5 Å². The second kappa shape index (κ2) is 5.29. The molecule has 0 spiro atoms. The van der Waals surface area contributed by atoms with Crippen LogP contribution in [0.25, 0.3) is 0 Å². The second-order valence-electron chi connectivity index (χ2n) is 4.79. The van der Waals surface area contributed by atoms with Crippen molar-refractivity contribution >= 4 is 8.03 Å². The molecule has 0 amide bonds. The van der Waals surface area contributed by atoms with E-state index in [-0.39, 0.29) is 0 Å². The highest BCUT2D eigenvalue weighted by atomic mass is 31.1. The average molecular weight is 221 g/mol. The molecular weight excluding hydrogens is 197 g/mol. The molecule has 2 atom stereocenters. The van der Waals surface area contributed by atoms with Crippen LogP contribution in [0.15, 0.2) is 0 Å². The Morgan fingerprint density at radius 1 is 1.29 bits per heavy atom. The Kier molecular flexibility index (Phi) is 5.35. The normalized spacial score (nSPS) is 19.0. The Morgan fingerprint density at radius 3 is 2.00 bits per heavy atom. The summed E-state index contributed by atoms with van der Waals surface area (Å²) in [4.78, 5) is 11.5. The van der Waals surface area contributed by atoms with Crippen molar-refractivity contribution in [3.8, 4) is 0 Å². The van der Waals surface area contributed by atoms with E-state index < -0.39 is 13.3 Å². The van der Waals surface area contributed by atoms with Crippen LogP contribution in [0.4, 0.5) is 0 Å². The fourth-order valence-corrected chi connectivity index (χ4v) is 3.19. The maximum absolute atomic E-state index is 11.5. The largest absolute Gasteiger partial charge is 0.797 e. The molecule has 0 rings (SSSR count). The van der Waals surface area contributed by atoms with Crippen LogP contribution in [0.5, 0.6) is 0 Å². The van der Waals surface area contributed by atoms with E-state index in [1.165, 1.54) is 0 Å². The van der Waals surface area contributed by atoms with Crippen molar-refractivity contribution in [1.82, 2.24) is 0 Å². The highest BCUT2D eigenvalue weighted by Crippen LogP contribution is 2.44. The van der Waals surface area contributed by atoms with Gasteiger partial charge < -0.3 is 13.9 Å². The molecule has 0 N–H and O–H groups in total. The number of unbranched alkanes of at least 4 members (excludes halogenated alkanes) is 1. The van der Waals surface area contributed by atoms with E-state index in [0.29, 0.717) is 10.9 Å². The van der Waals surface area contributed by atoms with Gasteiger partial charge in [0.25, 0.3) is 0 Å². The van der Waals surface area contributed by atoms with Crippen LogP contribution in [0.3, 0.4) is 0 Å². The Morgan fingerprint density at radius 2 is 1.79 bits per heavy atom. The summed E-state index contributed by atoms with van der Waals surface area (Å²) < 4.78 is 12.0. The van der Waals surface area contributed by atoms with Gasteiger partial charge in [-0.15, -0.1) is 0 Å². The van der Waals surface area contributed by atoms with Gasteiger partial charge in [-0.2, -0.15) is 0 Å². The predicted molar refractivity (Wildman–Crippen MR) is 59.6 cm³/mol. The lowest BCUT2D eigenvalue weighted by molar-refractivity contribution is -0.910. The Bertz CT molecular complexity index is 201. The number of rotatable bonds is 6. The number of quaternary nitrogens is 1. The van der Waals surface area contributed by atoms with Crippen LogP contribution >= 0.6 is 8.03 Å². The van der Waals surface area contributed by atoms with Crippen molar-refractivity contribution in [2.75, 3.05) is 21.1 Å². The molecule has 0 saturated heterocycles. The van der Waals surface area contributed by atoms with E-state index in [0.717, 1.165) is 19.3 Å². The molecule has 2 unspecified atom stereocenters. The third kappa shape index (κ3) is 2.82. The van der Waals surface area contributed by atoms with Crippen molar-refractivity contribution < 1.29 is 13.9 Å². The number of hydrogen-bond acceptors (Lipinski definition) is 2. The molecule has 0 fully saturated rings. The zero-order valence-electron chi connectivity index (χ0n) is 10.1. The number of nitrogens with zero attached hydrogens (tertiary/aromatic N) is 1. The minimum atomic E-state index is -2.74. The maximum atomic E-state index is 11.5. The van der Waals surface area contributed by atoms with Gasteiger partial charge in [-0.05, 0) is 6.42 Å².